The van der Waals surface area contributed by atoms with Crippen LogP contribution in [0, 0.1) is 18.8 Å². The molecule has 2 rings (SSSR count). The van der Waals surface area contributed by atoms with E-state index < -0.39 is 0 Å². The minimum absolute atomic E-state index is 0.665. The lowest BCUT2D eigenvalue weighted by molar-refractivity contribution is 0.0725. The van der Waals surface area contributed by atoms with Gasteiger partial charge < -0.3 is 9.73 Å². The summed E-state index contributed by atoms with van der Waals surface area (Å²) >= 11 is 0. The Morgan fingerprint density at radius 1 is 1.37 bits per heavy atom. The molecule has 1 aromatic heterocycles. The number of nitrogens with one attached hydrogen (secondary N) is 1. The van der Waals surface area contributed by atoms with Crippen LogP contribution < -0.4 is 5.32 Å². The fraction of sp³-hybridized carbons (Fsp3) is 0.750. The van der Waals surface area contributed by atoms with Crippen molar-refractivity contribution in [3.05, 3.63) is 23.2 Å². The number of aryl methyl sites for hydroxylation is 1. The summed E-state index contributed by atoms with van der Waals surface area (Å²) in [5.74, 6) is 3.70. The molecule has 1 aromatic rings. The second-order valence-electron chi connectivity index (χ2n) is 6.31. The summed E-state index contributed by atoms with van der Waals surface area (Å²) in [5, 5.41) is 3.14. The van der Waals surface area contributed by atoms with Gasteiger partial charge in [0.2, 0.25) is 0 Å². The van der Waals surface area contributed by atoms with E-state index in [9.17, 15) is 0 Å². The van der Waals surface area contributed by atoms with Crippen LogP contribution in [0.5, 0.6) is 0 Å². The van der Waals surface area contributed by atoms with Gasteiger partial charge in [0.25, 0.3) is 0 Å². The van der Waals surface area contributed by atoms with Gasteiger partial charge in [-0.3, -0.25) is 4.90 Å². The number of likely N-dealkylation sites (tertiary alicyclic amines) is 1. The first-order valence-electron chi connectivity index (χ1n) is 7.48. The van der Waals surface area contributed by atoms with Crippen LogP contribution in [0.1, 0.15) is 44.3 Å². The van der Waals surface area contributed by atoms with Gasteiger partial charge in [0, 0.05) is 24.7 Å². The van der Waals surface area contributed by atoms with Crippen molar-refractivity contribution in [2.24, 2.45) is 11.8 Å². The molecule has 0 aromatic carbocycles. The van der Waals surface area contributed by atoms with Crippen LogP contribution >= 0.6 is 0 Å². The first-order valence-corrected chi connectivity index (χ1v) is 7.48. The molecule has 3 heteroatoms. The molecular weight excluding hydrogens is 236 g/mol. The molecule has 0 spiro atoms. The standard InChI is InChI=1S/C16H28N2O/c1-11-6-12(2)13(3)18(9-11)10-15-7-16(8-17-5)19-14(15)4/h7,11-13,17H,6,8-10H2,1-5H3. The Morgan fingerprint density at radius 2 is 2.11 bits per heavy atom. The molecule has 1 fully saturated rings. The number of furan rings is 1. The maximum Gasteiger partial charge on any atom is 0.118 e. The van der Waals surface area contributed by atoms with Crippen LogP contribution in [0.25, 0.3) is 0 Å². The Morgan fingerprint density at radius 3 is 2.79 bits per heavy atom. The van der Waals surface area contributed by atoms with Gasteiger partial charge in [-0.2, -0.15) is 0 Å². The highest BCUT2D eigenvalue weighted by atomic mass is 16.3. The van der Waals surface area contributed by atoms with Crippen molar-refractivity contribution in [1.29, 1.82) is 0 Å². The molecule has 108 valence electrons. The topological polar surface area (TPSA) is 28.4 Å². The summed E-state index contributed by atoms with van der Waals surface area (Å²) in [4.78, 5) is 2.61. The summed E-state index contributed by atoms with van der Waals surface area (Å²) in [6.45, 7) is 12.2. The SMILES string of the molecule is CNCc1cc(CN2CC(C)CC(C)C2C)c(C)o1. The third kappa shape index (κ3) is 3.40. The third-order valence-electron chi connectivity index (χ3n) is 4.52. The van der Waals surface area contributed by atoms with Crippen molar-refractivity contribution in [1.82, 2.24) is 10.2 Å². The predicted molar refractivity (Wildman–Crippen MR) is 79.0 cm³/mol. The number of hydrogen-bond donors (Lipinski definition) is 1. The summed E-state index contributed by atoms with van der Waals surface area (Å²) in [6, 6.07) is 2.88. The maximum atomic E-state index is 5.80. The van der Waals surface area contributed by atoms with Crippen molar-refractivity contribution in [3.63, 3.8) is 0 Å². The fourth-order valence-electron chi connectivity index (χ4n) is 3.27. The number of piperidine rings is 1. The molecule has 0 radical (unpaired) electrons. The highest BCUT2D eigenvalue weighted by Crippen LogP contribution is 2.29. The molecule has 3 unspecified atom stereocenters. The second kappa shape index (κ2) is 6.10. The van der Waals surface area contributed by atoms with Crippen molar-refractivity contribution >= 4 is 0 Å². The van der Waals surface area contributed by atoms with Crippen LogP contribution in [-0.4, -0.2) is 24.5 Å². The first kappa shape index (κ1) is 14.6. The summed E-state index contributed by atoms with van der Waals surface area (Å²) in [7, 11) is 1.95. The van der Waals surface area contributed by atoms with Crippen LogP contribution in [-0.2, 0) is 13.1 Å². The first-order chi connectivity index (χ1) is 9.01. The van der Waals surface area contributed by atoms with Gasteiger partial charge in [-0.25, -0.2) is 0 Å². The van der Waals surface area contributed by atoms with E-state index in [1.54, 1.807) is 0 Å². The van der Waals surface area contributed by atoms with Gasteiger partial charge in [0.1, 0.15) is 11.5 Å². The normalized spacial score (nSPS) is 28.8. The molecule has 1 aliphatic heterocycles. The lowest BCUT2D eigenvalue weighted by Gasteiger charge is -2.41. The van der Waals surface area contributed by atoms with Crippen LogP contribution in [0.2, 0.25) is 0 Å². The van der Waals surface area contributed by atoms with Crippen LogP contribution in [0.3, 0.4) is 0 Å². The Kier molecular flexibility index (Phi) is 4.69. The lowest BCUT2D eigenvalue weighted by atomic mass is 9.86. The predicted octanol–water partition coefficient (Wildman–Crippen LogP) is 3.17. The number of nitrogens with zero attached hydrogens (tertiary/aromatic N) is 1. The molecule has 0 saturated carbocycles. The molecule has 19 heavy (non-hydrogen) atoms. The molecular formula is C16H28N2O. The third-order valence-corrected chi connectivity index (χ3v) is 4.52. The Bertz CT molecular complexity index is 413. The van der Waals surface area contributed by atoms with Crippen LogP contribution in [0.4, 0.5) is 0 Å². The minimum atomic E-state index is 0.665. The molecule has 1 aliphatic rings. The van der Waals surface area contributed by atoms with Gasteiger partial charge >= 0.3 is 0 Å². The average Bonchev–Trinajstić information content (AvgIpc) is 2.67. The van der Waals surface area contributed by atoms with Gasteiger partial charge in [-0.1, -0.05) is 13.8 Å². The zero-order chi connectivity index (χ0) is 14.0. The van der Waals surface area contributed by atoms with E-state index >= 15 is 0 Å². The fourth-order valence-corrected chi connectivity index (χ4v) is 3.27. The van der Waals surface area contributed by atoms with E-state index in [0.717, 1.165) is 36.4 Å². The molecule has 3 nitrogen and oxygen atoms in total. The van der Waals surface area contributed by atoms with Gasteiger partial charge in [-0.05, 0) is 45.2 Å². The van der Waals surface area contributed by atoms with E-state index in [1.165, 1.54) is 18.5 Å². The van der Waals surface area contributed by atoms with E-state index in [2.05, 4.69) is 44.0 Å². The minimum Gasteiger partial charge on any atom is -0.465 e. The average molecular weight is 264 g/mol. The molecule has 0 bridgehead atoms. The molecule has 2 heterocycles. The zero-order valence-electron chi connectivity index (χ0n) is 13.0. The quantitative estimate of drug-likeness (QED) is 0.905. The Balaban J connectivity index is 2.07. The molecule has 0 aliphatic carbocycles. The molecule has 0 amide bonds. The lowest BCUT2D eigenvalue weighted by Crippen LogP contribution is -2.45. The maximum absolute atomic E-state index is 5.80. The molecule has 1 N–H and O–H groups in total. The monoisotopic (exact) mass is 264 g/mol. The van der Waals surface area contributed by atoms with Gasteiger partial charge in [0.15, 0.2) is 0 Å². The highest BCUT2D eigenvalue weighted by Gasteiger charge is 2.29. The number of rotatable bonds is 4. The van der Waals surface area contributed by atoms with E-state index in [-0.39, 0.29) is 0 Å². The summed E-state index contributed by atoms with van der Waals surface area (Å²) < 4.78 is 5.80. The smallest absolute Gasteiger partial charge is 0.118 e. The Hall–Kier alpha value is -0.800. The summed E-state index contributed by atoms with van der Waals surface area (Å²) in [5.41, 5.74) is 1.35. The molecule has 1 saturated heterocycles. The van der Waals surface area contributed by atoms with E-state index in [4.69, 9.17) is 4.42 Å². The van der Waals surface area contributed by atoms with Crippen LogP contribution in [0.15, 0.2) is 10.5 Å². The van der Waals surface area contributed by atoms with E-state index in [1.807, 2.05) is 7.05 Å². The zero-order valence-corrected chi connectivity index (χ0v) is 13.0. The van der Waals surface area contributed by atoms with E-state index in [0.29, 0.717) is 6.04 Å². The van der Waals surface area contributed by atoms with Crippen molar-refractivity contribution < 1.29 is 4.42 Å². The second-order valence-corrected chi connectivity index (χ2v) is 6.31. The van der Waals surface area contributed by atoms with Crippen molar-refractivity contribution in [2.45, 2.75) is 53.2 Å². The Labute approximate surface area is 117 Å². The van der Waals surface area contributed by atoms with Gasteiger partial charge in [0.05, 0.1) is 6.54 Å². The highest BCUT2D eigenvalue weighted by molar-refractivity contribution is 5.21. The van der Waals surface area contributed by atoms with Crippen molar-refractivity contribution in [3.8, 4) is 0 Å². The van der Waals surface area contributed by atoms with Crippen molar-refractivity contribution in [2.75, 3.05) is 13.6 Å². The number of hydrogen-bond acceptors (Lipinski definition) is 3. The van der Waals surface area contributed by atoms with Gasteiger partial charge in [-0.15, -0.1) is 0 Å². The largest absolute Gasteiger partial charge is 0.465 e. The summed E-state index contributed by atoms with van der Waals surface area (Å²) in [6.07, 6.45) is 1.35. The molecule has 3 atom stereocenters.